The van der Waals surface area contributed by atoms with E-state index in [1.165, 1.54) is 12.0 Å². The number of carbonyl (C=O) groups is 1. The van der Waals surface area contributed by atoms with Gasteiger partial charge in [-0.05, 0) is 43.7 Å². The molecule has 0 aromatic heterocycles. The largest absolute Gasteiger partial charge is 0.497 e. The number of hydrogen-bond acceptors (Lipinski definition) is 5. The minimum absolute atomic E-state index is 0.0578. The minimum atomic E-state index is -3.64. The Balaban J connectivity index is 1.82. The Kier molecular flexibility index (Phi) is 5.25. The summed E-state index contributed by atoms with van der Waals surface area (Å²) in [5.41, 5.74) is 0.929. The Hall–Kier alpha value is -2.74. The lowest BCUT2D eigenvalue weighted by atomic mass is 9.93. The van der Waals surface area contributed by atoms with Gasteiger partial charge in [0.05, 0.1) is 29.7 Å². The van der Waals surface area contributed by atoms with Crippen LogP contribution in [-0.2, 0) is 20.6 Å². The maximum atomic E-state index is 12.6. The number of sulfonamides is 1. The summed E-state index contributed by atoms with van der Waals surface area (Å²) >= 11 is 0. The number of amides is 1. The van der Waals surface area contributed by atoms with Crippen LogP contribution in [0.15, 0.2) is 42.5 Å². The second kappa shape index (κ2) is 7.35. The highest BCUT2D eigenvalue weighted by Crippen LogP contribution is 2.37. The summed E-state index contributed by atoms with van der Waals surface area (Å²) in [4.78, 5) is 14.1. The second-order valence-corrected chi connectivity index (χ2v) is 9.15. The third-order valence-corrected chi connectivity index (χ3v) is 5.82. The third kappa shape index (κ3) is 4.22. The van der Waals surface area contributed by atoms with Crippen LogP contribution in [0.5, 0.6) is 11.5 Å². The van der Waals surface area contributed by atoms with E-state index in [2.05, 4.69) is 4.72 Å². The third-order valence-electron chi connectivity index (χ3n) is 4.56. The first-order chi connectivity index (χ1) is 13.1. The Labute approximate surface area is 165 Å². The van der Waals surface area contributed by atoms with Gasteiger partial charge in [-0.25, -0.2) is 8.42 Å². The van der Waals surface area contributed by atoms with E-state index in [-0.39, 0.29) is 18.3 Å². The number of carbonyl (C=O) groups excluding carboxylic acids is 1. The molecule has 0 atom stereocenters. The van der Waals surface area contributed by atoms with Crippen molar-refractivity contribution in [1.82, 2.24) is 0 Å². The van der Waals surface area contributed by atoms with Gasteiger partial charge in [0.25, 0.3) is 0 Å². The maximum Gasteiger partial charge on any atom is 0.236 e. The standard InChI is InChI=1S/C20H24N2O5S/c1-20(2)13-27-18-11-15(8-9-17(18)22(3)19(20)23)21-28(24,25)12-14-6-5-7-16(10-14)26-4/h5-11,21H,12-13H2,1-4H3. The number of methoxy groups -OCH3 is 1. The van der Waals surface area contributed by atoms with Crippen LogP contribution in [0.1, 0.15) is 19.4 Å². The lowest BCUT2D eigenvalue weighted by Crippen LogP contribution is -2.39. The van der Waals surface area contributed by atoms with Crippen molar-refractivity contribution in [1.29, 1.82) is 0 Å². The molecule has 0 saturated carbocycles. The van der Waals surface area contributed by atoms with Crippen molar-refractivity contribution in [2.75, 3.05) is 30.4 Å². The van der Waals surface area contributed by atoms with E-state index in [1.807, 2.05) is 13.8 Å². The van der Waals surface area contributed by atoms with Gasteiger partial charge in [0.1, 0.15) is 18.1 Å². The van der Waals surface area contributed by atoms with E-state index in [0.717, 1.165) is 0 Å². The molecular weight excluding hydrogens is 380 g/mol. The summed E-state index contributed by atoms with van der Waals surface area (Å²) in [6, 6.07) is 11.8. The molecule has 0 bridgehead atoms. The summed E-state index contributed by atoms with van der Waals surface area (Å²) in [5.74, 6) is 0.815. The van der Waals surface area contributed by atoms with E-state index in [9.17, 15) is 13.2 Å². The molecule has 7 nitrogen and oxygen atoms in total. The molecule has 0 saturated heterocycles. The van der Waals surface area contributed by atoms with Crippen LogP contribution < -0.4 is 19.1 Å². The topological polar surface area (TPSA) is 84.9 Å². The van der Waals surface area contributed by atoms with Crippen molar-refractivity contribution in [3.05, 3.63) is 48.0 Å². The fourth-order valence-corrected chi connectivity index (χ4v) is 4.23. The molecule has 1 N–H and O–H groups in total. The number of rotatable bonds is 5. The van der Waals surface area contributed by atoms with Crippen LogP contribution in [0.4, 0.5) is 11.4 Å². The second-order valence-electron chi connectivity index (χ2n) is 7.43. The van der Waals surface area contributed by atoms with E-state index in [1.54, 1.807) is 49.5 Å². The Morgan fingerprint density at radius 1 is 1.21 bits per heavy atom. The smallest absolute Gasteiger partial charge is 0.236 e. The van der Waals surface area contributed by atoms with Crippen molar-refractivity contribution >= 4 is 27.3 Å². The van der Waals surface area contributed by atoms with Crippen molar-refractivity contribution < 1.29 is 22.7 Å². The molecule has 1 amide bonds. The van der Waals surface area contributed by atoms with E-state index >= 15 is 0 Å². The number of anilines is 2. The average molecular weight is 404 g/mol. The molecule has 1 aliphatic heterocycles. The van der Waals surface area contributed by atoms with Gasteiger partial charge in [-0.1, -0.05) is 12.1 Å². The monoisotopic (exact) mass is 404 g/mol. The Morgan fingerprint density at radius 2 is 1.96 bits per heavy atom. The van der Waals surface area contributed by atoms with Crippen LogP contribution in [0.3, 0.4) is 0 Å². The van der Waals surface area contributed by atoms with E-state index in [0.29, 0.717) is 28.4 Å². The summed E-state index contributed by atoms with van der Waals surface area (Å²) in [7, 11) is -0.420. The molecule has 28 heavy (non-hydrogen) atoms. The molecule has 1 heterocycles. The minimum Gasteiger partial charge on any atom is -0.497 e. The molecule has 2 aromatic carbocycles. The molecule has 0 fully saturated rings. The van der Waals surface area contributed by atoms with Gasteiger partial charge in [-0.2, -0.15) is 0 Å². The highest BCUT2D eigenvalue weighted by molar-refractivity contribution is 7.91. The fraction of sp³-hybridized carbons (Fsp3) is 0.350. The average Bonchev–Trinajstić information content (AvgIpc) is 2.72. The van der Waals surface area contributed by atoms with Crippen LogP contribution >= 0.6 is 0 Å². The zero-order valence-corrected chi connectivity index (χ0v) is 17.2. The van der Waals surface area contributed by atoms with E-state index in [4.69, 9.17) is 9.47 Å². The molecule has 150 valence electrons. The SMILES string of the molecule is COc1cccc(CS(=O)(=O)Nc2ccc3c(c2)OCC(C)(C)C(=O)N3C)c1. The molecule has 0 unspecified atom stereocenters. The predicted molar refractivity (Wildman–Crippen MR) is 108 cm³/mol. The Bertz CT molecular complexity index is 1000. The quantitative estimate of drug-likeness (QED) is 0.828. The summed E-state index contributed by atoms with van der Waals surface area (Å²) in [6.45, 7) is 3.84. The number of benzene rings is 2. The van der Waals surface area contributed by atoms with Crippen LogP contribution in [-0.4, -0.2) is 35.1 Å². The molecule has 0 radical (unpaired) electrons. The lowest BCUT2D eigenvalue weighted by molar-refractivity contribution is -0.127. The Morgan fingerprint density at radius 3 is 2.68 bits per heavy atom. The predicted octanol–water partition coefficient (Wildman–Crippen LogP) is 3.02. The van der Waals surface area contributed by atoms with Gasteiger partial charge in [0, 0.05) is 13.1 Å². The molecule has 0 spiro atoms. The molecule has 3 rings (SSSR count). The fourth-order valence-electron chi connectivity index (χ4n) is 3.05. The highest BCUT2D eigenvalue weighted by Gasteiger charge is 2.36. The molecule has 8 heteroatoms. The highest BCUT2D eigenvalue weighted by atomic mass is 32.2. The number of nitrogens with one attached hydrogen (secondary N) is 1. The number of nitrogens with zero attached hydrogens (tertiary/aromatic N) is 1. The van der Waals surface area contributed by atoms with Gasteiger partial charge >= 0.3 is 0 Å². The summed E-state index contributed by atoms with van der Waals surface area (Å²) < 4.78 is 38.6. The molecule has 2 aromatic rings. The van der Waals surface area contributed by atoms with Gasteiger partial charge in [-0.15, -0.1) is 0 Å². The number of fused-ring (bicyclic) bond motifs is 1. The maximum absolute atomic E-state index is 12.6. The van der Waals surface area contributed by atoms with Crippen LogP contribution in [0.25, 0.3) is 0 Å². The normalized spacial score (nSPS) is 16.0. The zero-order chi connectivity index (χ0) is 20.5. The van der Waals surface area contributed by atoms with E-state index < -0.39 is 15.4 Å². The van der Waals surface area contributed by atoms with Crippen molar-refractivity contribution in [3.8, 4) is 11.5 Å². The van der Waals surface area contributed by atoms with Gasteiger partial charge < -0.3 is 14.4 Å². The van der Waals surface area contributed by atoms with Gasteiger partial charge in [0.2, 0.25) is 15.9 Å². The first kappa shape index (κ1) is 20.0. The van der Waals surface area contributed by atoms with Gasteiger partial charge in [-0.3, -0.25) is 9.52 Å². The molecular formula is C20H24N2O5S. The lowest BCUT2D eigenvalue weighted by Gasteiger charge is -2.24. The van der Waals surface area contributed by atoms with Crippen LogP contribution in [0, 0.1) is 5.41 Å². The first-order valence-corrected chi connectivity index (χ1v) is 10.4. The first-order valence-electron chi connectivity index (χ1n) is 8.80. The molecule has 0 aliphatic carbocycles. The molecule has 1 aliphatic rings. The van der Waals surface area contributed by atoms with Gasteiger partial charge in [0.15, 0.2) is 0 Å². The number of hydrogen-bond donors (Lipinski definition) is 1. The number of ether oxygens (including phenoxy) is 2. The van der Waals surface area contributed by atoms with Crippen molar-refractivity contribution in [2.24, 2.45) is 5.41 Å². The van der Waals surface area contributed by atoms with Crippen LogP contribution in [0.2, 0.25) is 0 Å². The summed E-state index contributed by atoms with van der Waals surface area (Å²) in [6.07, 6.45) is 0. The van der Waals surface area contributed by atoms with Crippen molar-refractivity contribution in [2.45, 2.75) is 19.6 Å². The zero-order valence-electron chi connectivity index (χ0n) is 16.4. The summed E-state index contributed by atoms with van der Waals surface area (Å²) in [5, 5.41) is 0. The van der Waals surface area contributed by atoms with Crippen molar-refractivity contribution in [3.63, 3.8) is 0 Å².